The molecule has 0 spiro atoms. The quantitative estimate of drug-likeness (QED) is 0.377. The number of nitrogens with two attached hydrogens (primary N) is 1. The summed E-state index contributed by atoms with van der Waals surface area (Å²) in [5.41, 5.74) is 8.53. The first kappa shape index (κ1) is 22.6. The second kappa shape index (κ2) is 9.92. The standard InChI is InChI=1S/C22H28N8O3/c1-24-10-18(19(23)22(33)30-7-6-15(31)11-30)29-21(32)20-17(27-14-8-25-12-26-9-14)5-4-16(28-20)13-2-3-13/h4-5,8-10,12-13,15,19,24,27,31H,2-3,6-7,11,23H2,1H3,(H,29,32)/b18-10+. The van der Waals surface area contributed by atoms with Crippen molar-refractivity contribution in [2.75, 3.05) is 25.5 Å². The van der Waals surface area contributed by atoms with Crippen molar-refractivity contribution >= 4 is 23.2 Å². The highest BCUT2D eigenvalue weighted by Crippen LogP contribution is 2.39. The maximum atomic E-state index is 13.3. The van der Waals surface area contributed by atoms with Gasteiger partial charge in [0.2, 0.25) is 5.91 Å². The van der Waals surface area contributed by atoms with Crippen molar-refractivity contribution in [3.63, 3.8) is 0 Å². The van der Waals surface area contributed by atoms with Gasteiger partial charge in [-0.25, -0.2) is 15.0 Å². The molecule has 6 N–H and O–H groups in total. The molecular weight excluding hydrogens is 424 g/mol. The van der Waals surface area contributed by atoms with Crippen LogP contribution in [-0.4, -0.2) is 69.1 Å². The molecule has 11 heteroatoms. The number of aromatic nitrogens is 3. The fraction of sp³-hybridized carbons (Fsp3) is 0.409. The maximum Gasteiger partial charge on any atom is 0.276 e. The Bertz CT molecular complexity index is 1040. The zero-order valence-electron chi connectivity index (χ0n) is 18.4. The van der Waals surface area contributed by atoms with Gasteiger partial charge in [0.15, 0.2) is 5.69 Å². The minimum absolute atomic E-state index is 0.182. The predicted molar refractivity (Wildman–Crippen MR) is 121 cm³/mol. The number of likely N-dealkylation sites (tertiary alicyclic amines) is 1. The van der Waals surface area contributed by atoms with E-state index in [4.69, 9.17) is 5.73 Å². The lowest BCUT2D eigenvalue weighted by atomic mass is 10.1. The van der Waals surface area contributed by atoms with Gasteiger partial charge in [0.05, 0.1) is 35.6 Å². The van der Waals surface area contributed by atoms with Crippen LogP contribution < -0.4 is 21.7 Å². The lowest BCUT2D eigenvalue weighted by Crippen LogP contribution is -2.48. The molecule has 2 aromatic heterocycles. The number of pyridine rings is 1. The van der Waals surface area contributed by atoms with E-state index in [1.165, 1.54) is 17.4 Å². The van der Waals surface area contributed by atoms with E-state index < -0.39 is 18.1 Å². The van der Waals surface area contributed by atoms with Crippen LogP contribution >= 0.6 is 0 Å². The number of rotatable bonds is 8. The number of aliphatic hydroxyl groups excluding tert-OH is 1. The molecule has 2 aliphatic rings. The number of anilines is 2. The van der Waals surface area contributed by atoms with Crippen LogP contribution in [0.4, 0.5) is 11.4 Å². The van der Waals surface area contributed by atoms with Crippen LogP contribution in [0.25, 0.3) is 0 Å². The number of amides is 2. The Hall–Kier alpha value is -3.57. The highest BCUT2D eigenvalue weighted by molar-refractivity contribution is 6.00. The molecule has 2 amide bonds. The van der Waals surface area contributed by atoms with E-state index >= 15 is 0 Å². The number of hydrogen-bond acceptors (Lipinski definition) is 9. The number of aliphatic hydroxyl groups is 1. The summed E-state index contributed by atoms with van der Waals surface area (Å²) in [6, 6.07) is 2.61. The fourth-order valence-corrected chi connectivity index (χ4v) is 3.69. The van der Waals surface area contributed by atoms with Crippen molar-refractivity contribution in [2.45, 2.75) is 37.3 Å². The van der Waals surface area contributed by atoms with E-state index in [0.29, 0.717) is 30.3 Å². The van der Waals surface area contributed by atoms with Crippen LogP contribution in [0.3, 0.4) is 0 Å². The van der Waals surface area contributed by atoms with Crippen molar-refractivity contribution in [3.8, 4) is 0 Å². The Morgan fingerprint density at radius 2 is 2.00 bits per heavy atom. The van der Waals surface area contributed by atoms with E-state index in [1.807, 2.05) is 6.07 Å². The molecule has 11 nitrogen and oxygen atoms in total. The van der Waals surface area contributed by atoms with E-state index in [9.17, 15) is 14.7 Å². The second-order valence-electron chi connectivity index (χ2n) is 8.21. The van der Waals surface area contributed by atoms with Crippen molar-refractivity contribution in [3.05, 3.63) is 54.1 Å². The number of carbonyl (C=O) groups excluding carboxylic acids is 2. The Balaban J connectivity index is 1.56. The molecule has 1 aliphatic carbocycles. The molecule has 4 rings (SSSR count). The Kier molecular flexibility index (Phi) is 6.80. The molecule has 1 aliphatic heterocycles. The molecule has 0 bridgehead atoms. The molecule has 33 heavy (non-hydrogen) atoms. The van der Waals surface area contributed by atoms with Crippen LogP contribution in [0.2, 0.25) is 0 Å². The largest absolute Gasteiger partial charge is 0.393 e. The zero-order valence-corrected chi connectivity index (χ0v) is 18.4. The number of nitrogens with one attached hydrogen (secondary N) is 3. The summed E-state index contributed by atoms with van der Waals surface area (Å²) >= 11 is 0. The summed E-state index contributed by atoms with van der Waals surface area (Å²) in [7, 11) is 1.65. The van der Waals surface area contributed by atoms with Gasteiger partial charge in [-0.15, -0.1) is 0 Å². The monoisotopic (exact) mass is 452 g/mol. The highest BCUT2D eigenvalue weighted by Gasteiger charge is 2.32. The summed E-state index contributed by atoms with van der Waals surface area (Å²) < 4.78 is 0. The molecule has 2 atom stereocenters. The van der Waals surface area contributed by atoms with Crippen molar-refractivity contribution in [1.82, 2.24) is 30.5 Å². The smallest absolute Gasteiger partial charge is 0.276 e. The molecule has 1 saturated heterocycles. The minimum atomic E-state index is -1.10. The maximum absolute atomic E-state index is 13.3. The summed E-state index contributed by atoms with van der Waals surface area (Å²) in [4.78, 5) is 40.2. The third-order valence-electron chi connectivity index (χ3n) is 5.60. The van der Waals surface area contributed by atoms with Gasteiger partial charge in [0.25, 0.3) is 5.91 Å². The number of hydrogen-bond donors (Lipinski definition) is 5. The summed E-state index contributed by atoms with van der Waals surface area (Å²) in [5.74, 6) is -0.515. The predicted octanol–water partition coefficient (Wildman–Crippen LogP) is 0.204. The molecule has 0 radical (unpaired) electrons. The Morgan fingerprint density at radius 3 is 2.64 bits per heavy atom. The van der Waals surface area contributed by atoms with Crippen LogP contribution in [0.1, 0.15) is 41.4 Å². The van der Waals surface area contributed by atoms with Crippen LogP contribution in [0, 0.1) is 0 Å². The molecule has 0 aromatic carbocycles. The third-order valence-corrected chi connectivity index (χ3v) is 5.60. The topological polar surface area (TPSA) is 158 Å². The first-order chi connectivity index (χ1) is 16.0. The van der Waals surface area contributed by atoms with E-state index in [2.05, 4.69) is 30.9 Å². The van der Waals surface area contributed by atoms with Gasteiger partial charge in [0.1, 0.15) is 12.4 Å². The average Bonchev–Trinajstić information content (AvgIpc) is 3.58. The zero-order chi connectivity index (χ0) is 23.4. The van der Waals surface area contributed by atoms with Gasteiger partial charge >= 0.3 is 0 Å². The lowest BCUT2D eigenvalue weighted by molar-refractivity contribution is -0.131. The van der Waals surface area contributed by atoms with Crippen LogP contribution in [0.15, 0.2) is 42.8 Å². The first-order valence-electron chi connectivity index (χ1n) is 10.9. The Morgan fingerprint density at radius 1 is 1.24 bits per heavy atom. The average molecular weight is 453 g/mol. The summed E-state index contributed by atoms with van der Waals surface area (Å²) in [5, 5.41) is 18.4. The molecular formula is C22H28N8O3. The Labute approximate surface area is 191 Å². The van der Waals surface area contributed by atoms with Crippen LogP contribution in [-0.2, 0) is 4.79 Å². The van der Waals surface area contributed by atoms with Crippen molar-refractivity contribution < 1.29 is 14.7 Å². The molecule has 2 aromatic rings. The molecule has 2 fully saturated rings. The first-order valence-corrected chi connectivity index (χ1v) is 10.9. The highest BCUT2D eigenvalue weighted by atomic mass is 16.3. The number of β-amino-alcohol motifs (C(OH)–C–C–N with tert-alkyl or cyclic N) is 1. The molecule has 174 valence electrons. The van der Waals surface area contributed by atoms with E-state index in [1.54, 1.807) is 25.5 Å². The number of carbonyl (C=O) groups is 2. The van der Waals surface area contributed by atoms with Gasteiger partial charge in [-0.1, -0.05) is 0 Å². The molecule has 1 saturated carbocycles. The van der Waals surface area contributed by atoms with E-state index in [0.717, 1.165) is 18.5 Å². The van der Waals surface area contributed by atoms with Gasteiger partial charge in [-0.2, -0.15) is 0 Å². The van der Waals surface area contributed by atoms with Crippen LogP contribution in [0.5, 0.6) is 0 Å². The van der Waals surface area contributed by atoms with Gasteiger partial charge in [-0.3, -0.25) is 9.59 Å². The fourth-order valence-electron chi connectivity index (χ4n) is 3.69. The number of nitrogens with zero attached hydrogens (tertiary/aromatic N) is 4. The van der Waals surface area contributed by atoms with E-state index in [-0.39, 0.29) is 23.8 Å². The second-order valence-corrected chi connectivity index (χ2v) is 8.21. The lowest BCUT2D eigenvalue weighted by Gasteiger charge is -2.23. The SMILES string of the molecule is CN/C=C(/NC(=O)c1nc(C2CC2)ccc1Nc1cncnc1)C(N)C(=O)N1CCC(O)C1. The van der Waals surface area contributed by atoms with Crippen molar-refractivity contribution in [1.29, 1.82) is 0 Å². The minimum Gasteiger partial charge on any atom is -0.393 e. The summed E-state index contributed by atoms with van der Waals surface area (Å²) in [6.45, 7) is 0.651. The molecule has 3 heterocycles. The normalized spacial score (nSPS) is 19.2. The van der Waals surface area contributed by atoms with Gasteiger partial charge in [0, 0.05) is 37.9 Å². The third kappa shape index (κ3) is 5.44. The molecule has 2 unspecified atom stereocenters. The van der Waals surface area contributed by atoms with Crippen molar-refractivity contribution in [2.24, 2.45) is 5.73 Å². The van der Waals surface area contributed by atoms with Gasteiger partial charge in [-0.05, 0) is 31.4 Å². The summed E-state index contributed by atoms with van der Waals surface area (Å²) in [6.07, 6.45) is 8.11. The van der Waals surface area contributed by atoms with Gasteiger partial charge < -0.3 is 31.7 Å².